The molecule has 0 saturated carbocycles. The van der Waals surface area contributed by atoms with Crippen LogP contribution in [0.2, 0.25) is 0 Å². The van der Waals surface area contributed by atoms with Crippen molar-refractivity contribution in [3.63, 3.8) is 0 Å². The topological polar surface area (TPSA) is 0 Å². The van der Waals surface area contributed by atoms with Crippen LogP contribution in [-0.4, -0.2) is 11.0 Å². The van der Waals surface area contributed by atoms with Gasteiger partial charge in [0, 0.05) is 5.25 Å². The molecule has 0 nitrogen and oxygen atoms in total. The van der Waals surface area contributed by atoms with Gasteiger partial charge < -0.3 is 0 Å². The maximum atomic E-state index is 2.39. The minimum absolute atomic E-state index is 0.936. The summed E-state index contributed by atoms with van der Waals surface area (Å²) >= 11 is 2.16. The predicted molar refractivity (Wildman–Crippen MR) is 58.8 cm³/mol. The average Bonchev–Trinajstić information content (AvgIpc) is 2.05. The molecular formula is C11H22S. The third kappa shape index (κ3) is 3.84. The lowest BCUT2D eigenvalue weighted by Gasteiger charge is -2.26. The Labute approximate surface area is 81.5 Å². The highest BCUT2D eigenvalue weighted by molar-refractivity contribution is 7.99. The standard InChI is InChI=1S/C11H22S/c1-3-4-5-6-11-7-8-12-10(2)9-11/h10-11H,3-9H2,1-2H3/t10-,11+/m1/s1. The largest absolute Gasteiger partial charge is 0.159 e. The molecule has 0 aromatic heterocycles. The first-order chi connectivity index (χ1) is 5.83. The molecule has 0 amide bonds. The third-order valence-corrected chi connectivity index (χ3v) is 4.04. The maximum Gasteiger partial charge on any atom is 0.00213 e. The number of unbranched alkanes of at least 4 members (excludes halogenated alkanes) is 2. The van der Waals surface area contributed by atoms with Gasteiger partial charge >= 0.3 is 0 Å². The molecule has 1 heterocycles. The molecule has 1 saturated heterocycles. The van der Waals surface area contributed by atoms with Crippen LogP contribution in [0.25, 0.3) is 0 Å². The smallest absolute Gasteiger partial charge is 0.00213 e. The van der Waals surface area contributed by atoms with E-state index in [0.717, 1.165) is 11.2 Å². The van der Waals surface area contributed by atoms with Crippen LogP contribution in [-0.2, 0) is 0 Å². The van der Waals surface area contributed by atoms with Crippen LogP contribution in [0.1, 0.15) is 52.4 Å². The zero-order valence-corrected chi connectivity index (χ0v) is 9.33. The number of hydrogen-bond acceptors (Lipinski definition) is 1. The van der Waals surface area contributed by atoms with Crippen molar-refractivity contribution >= 4 is 11.8 Å². The predicted octanol–water partition coefficient (Wildman–Crippen LogP) is 4.10. The van der Waals surface area contributed by atoms with E-state index >= 15 is 0 Å². The second kappa shape index (κ2) is 5.90. The molecule has 1 aliphatic rings. The fraction of sp³-hybridized carbons (Fsp3) is 1.00. The highest BCUT2D eigenvalue weighted by Gasteiger charge is 2.18. The highest BCUT2D eigenvalue weighted by Crippen LogP contribution is 2.32. The van der Waals surface area contributed by atoms with Crippen LogP contribution in [0.15, 0.2) is 0 Å². The van der Waals surface area contributed by atoms with Crippen molar-refractivity contribution in [1.29, 1.82) is 0 Å². The molecule has 0 aliphatic carbocycles. The monoisotopic (exact) mass is 186 g/mol. The summed E-state index contributed by atoms with van der Waals surface area (Å²) in [6.45, 7) is 4.68. The van der Waals surface area contributed by atoms with Gasteiger partial charge in [0.15, 0.2) is 0 Å². The average molecular weight is 186 g/mol. The van der Waals surface area contributed by atoms with E-state index in [-0.39, 0.29) is 0 Å². The Morgan fingerprint density at radius 3 is 2.83 bits per heavy atom. The van der Waals surface area contributed by atoms with Crippen LogP contribution in [0.5, 0.6) is 0 Å². The van der Waals surface area contributed by atoms with Gasteiger partial charge in [0.2, 0.25) is 0 Å². The normalized spacial score (nSPS) is 30.5. The Morgan fingerprint density at radius 2 is 2.17 bits per heavy atom. The summed E-state index contributed by atoms with van der Waals surface area (Å²) in [6, 6.07) is 0. The second-order valence-electron chi connectivity index (χ2n) is 4.07. The summed E-state index contributed by atoms with van der Waals surface area (Å²) in [7, 11) is 0. The minimum Gasteiger partial charge on any atom is -0.159 e. The van der Waals surface area contributed by atoms with Crippen molar-refractivity contribution in [3.8, 4) is 0 Å². The van der Waals surface area contributed by atoms with Crippen molar-refractivity contribution in [3.05, 3.63) is 0 Å². The molecule has 0 aromatic carbocycles. The molecule has 1 heteroatoms. The molecule has 0 aromatic rings. The molecule has 0 unspecified atom stereocenters. The Kier molecular flexibility index (Phi) is 5.13. The van der Waals surface area contributed by atoms with Gasteiger partial charge in [-0.3, -0.25) is 0 Å². The second-order valence-corrected chi connectivity index (χ2v) is 5.61. The van der Waals surface area contributed by atoms with Gasteiger partial charge in [-0.15, -0.1) is 0 Å². The van der Waals surface area contributed by atoms with Crippen molar-refractivity contribution in [2.75, 3.05) is 5.75 Å². The van der Waals surface area contributed by atoms with Crippen LogP contribution < -0.4 is 0 Å². The fourth-order valence-corrected chi connectivity index (χ4v) is 3.32. The lowest BCUT2D eigenvalue weighted by atomic mass is 9.93. The first-order valence-corrected chi connectivity index (χ1v) is 6.49. The fourth-order valence-electron chi connectivity index (χ4n) is 2.04. The van der Waals surface area contributed by atoms with Gasteiger partial charge in [0.25, 0.3) is 0 Å². The Balaban J connectivity index is 2.06. The van der Waals surface area contributed by atoms with Gasteiger partial charge in [-0.2, -0.15) is 11.8 Å². The Morgan fingerprint density at radius 1 is 1.33 bits per heavy atom. The first-order valence-electron chi connectivity index (χ1n) is 5.44. The zero-order chi connectivity index (χ0) is 8.81. The van der Waals surface area contributed by atoms with Crippen molar-refractivity contribution in [2.24, 2.45) is 5.92 Å². The SMILES string of the molecule is CCCCC[C@H]1CCS[C@H](C)C1. The van der Waals surface area contributed by atoms with Gasteiger partial charge in [-0.25, -0.2) is 0 Å². The molecule has 2 atom stereocenters. The summed E-state index contributed by atoms with van der Waals surface area (Å²) in [4.78, 5) is 0. The van der Waals surface area contributed by atoms with E-state index in [2.05, 4.69) is 25.6 Å². The minimum atomic E-state index is 0.936. The van der Waals surface area contributed by atoms with Gasteiger partial charge in [0.1, 0.15) is 0 Å². The summed E-state index contributed by atoms with van der Waals surface area (Å²) in [6.07, 6.45) is 8.75. The third-order valence-electron chi connectivity index (χ3n) is 2.81. The Hall–Kier alpha value is 0.350. The molecule has 12 heavy (non-hydrogen) atoms. The first kappa shape index (κ1) is 10.4. The Bertz CT molecular complexity index is 112. The molecule has 0 bridgehead atoms. The van der Waals surface area contributed by atoms with Crippen molar-refractivity contribution in [2.45, 2.75) is 57.6 Å². The highest BCUT2D eigenvalue weighted by atomic mass is 32.2. The van der Waals surface area contributed by atoms with Crippen LogP contribution in [0, 0.1) is 5.92 Å². The summed E-state index contributed by atoms with van der Waals surface area (Å²) in [5.74, 6) is 2.48. The summed E-state index contributed by atoms with van der Waals surface area (Å²) < 4.78 is 0. The van der Waals surface area contributed by atoms with Crippen LogP contribution in [0.4, 0.5) is 0 Å². The van der Waals surface area contributed by atoms with E-state index in [1.165, 1.54) is 44.3 Å². The van der Waals surface area contributed by atoms with E-state index in [9.17, 15) is 0 Å². The van der Waals surface area contributed by atoms with Crippen LogP contribution in [0.3, 0.4) is 0 Å². The van der Waals surface area contributed by atoms with Crippen molar-refractivity contribution in [1.82, 2.24) is 0 Å². The van der Waals surface area contributed by atoms with E-state index in [0.29, 0.717) is 0 Å². The van der Waals surface area contributed by atoms with E-state index < -0.39 is 0 Å². The molecule has 72 valence electrons. The summed E-state index contributed by atoms with van der Waals surface area (Å²) in [5, 5.41) is 0.936. The molecule has 0 spiro atoms. The maximum absolute atomic E-state index is 2.39. The van der Waals surface area contributed by atoms with Gasteiger partial charge in [0.05, 0.1) is 0 Å². The van der Waals surface area contributed by atoms with Crippen LogP contribution >= 0.6 is 11.8 Å². The zero-order valence-electron chi connectivity index (χ0n) is 8.51. The lowest BCUT2D eigenvalue weighted by molar-refractivity contribution is 0.409. The summed E-state index contributed by atoms with van der Waals surface area (Å²) in [5.41, 5.74) is 0. The molecule has 1 fully saturated rings. The van der Waals surface area contributed by atoms with E-state index in [1.807, 2.05) is 0 Å². The molecular weight excluding hydrogens is 164 g/mol. The quantitative estimate of drug-likeness (QED) is 0.596. The molecule has 0 radical (unpaired) electrons. The number of hydrogen-bond donors (Lipinski definition) is 0. The number of thioether (sulfide) groups is 1. The molecule has 1 rings (SSSR count). The van der Waals surface area contributed by atoms with E-state index in [4.69, 9.17) is 0 Å². The molecule has 0 N–H and O–H groups in total. The number of rotatable bonds is 4. The van der Waals surface area contributed by atoms with Gasteiger partial charge in [-0.1, -0.05) is 39.5 Å². The van der Waals surface area contributed by atoms with Crippen molar-refractivity contribution < 1.29 is 0 Å². The molecule has 1 aliphatic heterocycles. The van der Waals surface area contributed by atoms with E-state index in [1.54, 1.807) is 0 Å². The van der Waals surface area contributed by atoms with Gasteiger partial charge in [-0.05, 0) is 24.5 Å². The lowest BCUT2D eigenvalue weighted by Crippen LogP contribution is -2.15.